The summed E-state index contributed by atoms with van der Waals surface area (Å²) in [5, 5.41) is 25.5. The van der Waals surface area contributed by atoms with Crippen LogP contribution in [-0.2, 0) is 23.9 Å². The van der Waals surface area contributed by atoms with Crippen molar-refractivity contribution in [3.8, 4) is 11.1 Å². The van der Waals surface area contributed by atoms with Gasteiger partial charge >= 0.3 is 24.1 Å². The Morgan fingerprint density at radius 2 is 1.48 bits per heavy atom. The van der Waals surface area contributed by atoms with E-state index in [0.717, 1.165) is 22.3 Å². The molecule has 0 bridgehead atoms. The summed E-state index contributed by atoms with van der Waals surface area (Å²) in [6, 6.07) is 13.4. The van der Waals surface area contributed by atoms with Crippen LogP contribution in [0, 0.1) is 0 Å². The molecule has 42 heavy (non-hydrogen) atoms. The van der Waals surface area contributed by atoms with Crippen LogP contribution < -0.4 is 16.0 Å². The second-order valence-corrected chi connectivity index (χ2v) is 9.66. The molecule has 2 aromatic rings. The van der Waals surface area contributed by atoms with E-state index in [1.807, 2.05) is 48.5 Å². The zero-order valence-electron chi connectivity index (χ0n) is 23.0. The summed E-state index contributed by atoms with van der Waals surface area (Å²) in [7, 11) is 0. The monoisotopic (exact) mass is 581 g/mol. The van der Waals surface area contributed by atoms with Gasteiger partial charge in [-0.1, -0.05) is 61.2 Å². The van der Waals surface area contributed by atoms with Crippen LogP contribution in [0.25, 0.3) is 11.1 Å². The molecular weight excluding hydrogens is 546 g/mol. The summed E-state index contributed by atoms with van der Waals surface area (Å²) < 4.78 is 10.4. The second-order valence-electron chi connectivity index (χ2n) is 9.66. The molecule has 0 unspecified atom stereocenters. The highest BCUT2D eigenvalue weighted by Crippen LogP contribution is 2.44. The van der Waals surface area contributed by atoms with Gasteiger partial charge in [0.05, 0.1) is 0 Å². The first kappa shape index (κ1) is 31.7. The van der Waals surface area contributed by atoms with Gasteiger partial charge in [0.1, 0.15) is 25.3 Å². The molecule has 5 N–H and O–H groups in total. The molecule has 0 aromatic heterocycles. The Balaban J connectivity index is 1.47. The third kappa shape index (κ3) is 9.08. The van der Waals surface area contributed by atoms with Crippen LogP contribution in [0.4, 0.5) is 9.59 Å². The molecule has 2 atom stereocenters. The Morgan fingerprint density at radius 1 is 0.833 bits per heavy atom. The summed E-state index contributed by atoms with van der Waals surface area (Å²) in [6.45, 7) is 3.75. The van der Waals surface area contributed by atoms with E-state index in [2.05, 4.69) is 22.5 Å². The fraction of sp³-hybridized carbons (Fsp3) is 0.367. The number of rotatable bonds is 16. The lowest BCUT2D eigenvalue weighted by Crippen LogP contribution is -2.51. The van der Waals surface area contributed by atoms with E-state index in [9.17, 15) is 29.1 Å². The lowest BCUT2D eigenvalue weighted by molar-refractivity contribution is -0.143. The lowest BCUT2D eigenvalue weighted by Gasteiger charge is -2.21. The van der Waals surface area contributed by atoms with Crippen LogP contribution in [0.1, 0.15) is 49.1 Å². The number of hydrogen-bond acceptors (Lipinski definition) is 7. The van der Waals surface area contributed by atoms with Crippen molar-refractivity contribution >= 4 is 30.0 Å². The van der Waals surface area contributed by atoms with Crippen LogP contribution in [0.3, 0.4) is 0 Å². The molecule has 0 heterocycles. The Kier molecular flexibility index (Phi) is 11.9. The van der Waals surface area contributed by atoms with E-state index in [1.165, 1.54) is 6.08 Å². The Bertz CT molecular complexity index is 1250. The number of carbonyl (C=O) groups excluding carboxylic acids is 3. The predicted molar refractivity (Wildman–Crippen MR) is 152 cm³/mol. The Labute approximate surface area is 243 Å². The number of amides is 3. The number of carboxylic acid groups (broad SMARTS) is 2. The smallest absolute Gasteiger partial charge is 0.408 e. The number of alkyl carbamates (subject to hydrolysis) is 2. The van der Waals surface area contributed by atoms with E-state index in [4.69, 9.17) is 14.6 Å². The first-order valence-corrected chi connectivity index (χ1v) is 13.6. The van der Waals surface area contributed by atoms with Gasteiger partial charge in [0, 0.05) is 18.9 Å². The van der Waals surface area contributed by atoms with E-state index in [1.54, 1.807) is 0 Å². The van der Waals surface area contributed by atoms with Crippen molar-refractivity contribution in [1.82, 2.24) is 16.0 Å². The van der Waals surface area contributed by atoms with Crippen LogP contribution in [-0.4, -0.2) is 72.1 Å². The quantitative estimate of drug-likeness (QED) is 0.147. The van der Waals surface area contributed by atoms with Gasteiger partial charge in [-0.3, -0.25) is 9.59 Å². The summed E-state index contributed by atoms with van der Waals surface area (Å²) in [4.78, 5) is 59.5. The third-order valence-corrected chi connectivity index (χ3v) is 6.73. The van der Waals surface area contributed by atoms with Crippen LogP contribution >= 0.6 is 0 Å². The van der Waals surface area contributed by atoms with Crippen molar-refractivity contribution < 1.29 is 43.7 Å². The molecule has 0 radical (unpaired) electrons. The molecule has 2 aromatic carbocycles. The van der Waals surface area contributed by atoms with Crippen LogP contribution in [0.2, 0.25) is 0 Å². The minimum Gasteiger partial charge on any atom is -0.481 e. The van der Waals surface area contributed by atoms with Gasteiger partial charge < -0.3 is 35.6 Å². The highest BCUT2D eigenvalue weighted by Gasteiger charge is 2.29. The molecule has 12 heteroatoms. The zero-order valence-corrected chi connectivity index (χ0v) is 23.0. The number of nitrogens with one attached hydrogen (secondary N) is 3. The highest BCUT2D eigenvalue weighted by molar-refractivity contribution is 5.89. The van der Waals surface area contributed by atoms with Crippen molar-refractivity contribution in [3.63, 3.8) is 0 Å². The minimum absolute atomic E-state index is 0.0699. The number of benzene rings is 2. The van der Waals surface area contributed by atoms with E-state index in [-0.39, 0.29) is 38.5 Å². The fourth-order valence-corrected chi connectivity index (χ4v) is 4.70. The minimum atomic E-state index is -1.45. The highest BCUT2D eigenvalue weighted by atomic mass is 16.6. The van der Waals surface area contributed by atoms with Crippen LogP contribution in [0.5, 0.6) is 0 Å². The molecule has 0 spiro atoms. The van der Waals surface area contributed by atoms with Gasteiger partial charge in [0.25, 0.3) is 0 Å². The molecule has 12 nitrogen and oxygen atoms in total. The molecular formula is C30H35N3O9. The van der Waals surface area contributed by atoms with Gasteiger partial charge in [-0.15, -0.1) is 0 Å². The lowest BCUT2D eigenvalue weighted by atomic mass is 9.98. The number of ether oxygens (including phenoxy) is 2. The molecule has 0 fully saturated rings. The molecule has 1 aliphatic rings. The molecule has 224 valence electrons. The average Bonchev–Trinajstić information content (AvgIpc) is 3.29. The van der Waals surface area contributed by atoms with Crippen LogP contribution in [0.15, 0.2) is 61.2 Å². The van der Waals surface area contributed by atoms with E-state index >= 15 is 0 Å². The first-order chi connectivity index (χ1) is 20.2. The fourth-order valence-electron chi connectivity index (χ4n) is 4.70. The number of unbranched alkanes of at least 4 members (excludes halogenated alkanes) is 1. The normalized spacial score (nSPS) is 13.0. The molecule has 0 saturated carbocycles. The van der Waals surface area contributed by atoms with Crippen molar-refractivity contribution in [2.45, 2.75) is 50.1 Å². The summed E-state index contributed by atoms with van der Waals surface area (Å²) in [6.07, 6.45) is -0.0198. The number of carboxylic acids is 2. The van der Waals surface area contributed by atoms with Gasteiger partial charge in [0.2, 0.25) is 5.91 Å². The van der Waals surface area contributed by atoms with Gasteiger partial charge in [-0.2, -0.15) is 0 Å². The van der Waals surface area contributed by atoms with E-state index < -0.39 is 48.5 Å². The van der Waals surface area contributed by atoms with Gasteiger partial charge in [-0.25, -0.2) is 14.4 Å². The first-order valence-electron chi connectivity index (χ1n) is 13.6. The SMILES string of the molecule is C=CCOC(=O)N[C@@H](CCCCNC(=O)OCC1c2ccccc2-c2ccccc21)C(=O)N[C@@H](CCC(=O)O)C(=O)O. The molecule has 0 saturated heterocycles. The molecule has 3 amide bonds. The molecule has 3 rings (SSSR count). The maximum Gasteiger partial charge on any atom is 0.408 e. The summed E-state index contributed by atoms with van der Waals surface area (Å²) >= 11 is 0. The average molecular weight is 582 g/mol. The van der Waals surface area contributed by atoms with Crippen molar-refractivity contribution in [3.05, 3.63) is 72.3 Å². The number of carbonyl (C=O) groups is 5. The summed E-state index contributed by atoms with van der Waals surface area (Å²) in [5.74, 6) is -3.47. The maximum atomic E-state index is 12.8. The third-order valence-electron chi connectivity index (χ3n) is 6.73. The van der Waals surface area contributed by atoms with Crippen molar-refractivity contribution in [2.24, 2.45) is 0 Å². The topological polar surface area (TPSA) is 180 Å². The van der Waals surface area contributed by atoms with Crippen molar-refractivity contribution in [1.29, 1.82) is 0 Å². The molecule has 0 aliphatic heterocycles. The summed E-state index contributed by atoms with van der Waals surface area (Å²) in [5.41, 5.74) is 4.45. The largest absolute Gasteiger partial charge is 0.481 e. The predicted octanol–water partition coefficient (Wildman–Crippen LogP) is 3.41. The van der Waals surface area contributed by atoms with E-state index in [0.29, 0.717) is 12.8 Å². The second kappa shape index (κ2) is 15.8. The maximum absolute atomic E-state index is 12.8. The number of hydrogen-bond donors (Lipinski definition) is 5. The Morgan fingerprint density at radius 3 is 2.07 bits per heavy atom. The zero-order chi connectivity index (χ0) is 30.5. The molecule has 1 aliphatic carbocycles. The van der Waals surface area contributed by atoms with Gasteiger partial charge in [0.15, 0.2) is 0 Å². The van der Waals surface area contributed by atoms with Crippen molar-refractivity contribution in [2.75, 3.05) is 19.8 Å². The Hall–Kier alpha value is -4.87. The number of fused-ring (bicyclic) bond motifs is 3. The standard InChI is InChI=1S/C30H35N3O9/c1-2-17-41-30(40)33-24(27(36)32-25(28(37)38)14-15-26(34)35)13-7-8-16-31-29(39)42-18-23-21-11-5-3-9-19(21)20-10-4-6-12-22(20)23/h2-6,9-12,23-25H,1,7-8,13-18H2,(H,31,39)(H,32,36)(H,33,40)(H,34,35)(H,37,38)/t24-,25-/m0/s1. The number of aliphatic carboxylic acids is 2. The van der Waals surface area contributed by atoms with Gasteiger partial charge in [-0.05, 0) is 47.9 Å².